The average Bonchev–Trinajstić information content (AvgIpc) is 2.83. The van der Waals surface area contributed by atoms with E-state index in [1.165, 1.54) is 0 Å². The molecule has 0 aliphatic carbocycles. The first-order valence-corrected chi connectivity index (χ1v) is 7.26. The molecule has 0 aromatic carbocycles. The van der Waals surface area contributed by atoms with Crippen molar-refractivity contribution < 1.29 is 9.53 Å². The molecule has 0 fully saturated rings. The van der Waals surface area contributed by atoms with Crippen LogP contribution in [0, 0.1) is 6.92 Å². The first kappa shape index (κ1) is 14.5. The quantitative estimate of drug-likeness (QED) is 0.884. The van der Waals surface area contributed by atoms with Gasteiger partial charge in [-0.3, -0.25) is 9.78 Å². The van der Waals surface area contributed by atoms with E-state index >= 15 is 0 Å². The van der Waals surface area contributed by atoms with E-state index in [1.54, 1.807) is 23.7 Å². The smallest absolute Gasteiger partial charge is 0.226 e. The number of ether oxygens (including phenoxy) is 1. The van der Waals surface area contributed by atoms with Gasteiger partial charge in [0, 0.05) is 11.6 Å². The van der Waals surface area contributed by atoms with Crippen LogP contribution in [0.15, 0.2) is 29.9 Å². The van der Waals surface area contributed by atoms with E-state index in [1.807, 2.05) is 31.4 Å². The SMILES string of the molecule is Cc1nc(CC(=O)NCC(C)Oc2cccnc2)cs1. The first-order valence-electron chi connectivity index (χ1n) is 6.38. The maximum absolute atomic E-state index is 11.8. The number of pyridine rings is 1. The van der Waals surface area contributed by atoms with Crippen molar-refractivity contribution in [3.63, 3.8) is 0 Å². The predicted molar refractivity (Wildman–Crippen MR) is 77.9 cm³/mol. The van der Waals surface area contributed by atoms with Crippen molar-refractivity contribution in [2.45, 2.75) is 26.4 Å². The van der Waals surface area contributed by atoms with Gasteiger partial charge < -0.3 is 10.1 Å². The molecule has 0 spiro atoms. The third kappa shape index (κ3) is 4.62. The van der Waals surface area contributed by atoms with Crippen molar-refractivity contribution in [3.8, 4) is 5.75 Å². The number of nitrogens with one attached hydrogen (secondary N) is 1. The summed E-state index contributed by atoms with van der Waals surface area (Å²) in [7, 11) is 0. The molecule has 0 radical (unpaired) electrons. The van der Waals surface area contributed by atoms with Crippen LogP contribution in [-0.4, -0.2) is 28.5 Å². The molecule has 2 heterocycles. The van der Waals surface area contributed by atoms with Gasteiger partial charge in [-0.05, 0) is 26.0 Å². The fourth-order valence-corrected chi connectivity index (χ4v) is 2.28. The lowest BCUT2D eigenvalue weighted by molar-refractivity contribution is -0.120. The third-order valence-corrected chi connectivity index (χ3v) is 3.39. The highest BCUT2D eigenvalue weighted by Crippen LogP contribution is 2.09. The summed E-state index contributed by atoms with van der Waals surface area (Å²) in [5, 5.41) is 5.72. The highest BCUT2D eigenvalue weighted by Gasteiger charge is 2.09. The number of thiazole rings is 1. The van der Waals surface area contributed by atoms with Crippen molar-refractivity contribution in [1.82, 2.24) is 15.3 Å². The summed E-state index contributed by atoms with van der Waals surface area (Å²) < 4.78 is 5.63. The molecule has 1 unspecified atom stereocenters. The van der Waals surface area contributed by atoms with E-state index in [0.717, 1.165) is 10.7 Å². The van der Waals surface area contributed by atoms with Crippen LogP contribution in [0.5, 0.6) is 5.75 Å². The summed E-state index contributed by atoms with van der Waals surface area (Å²) in [4.78, 5) is 20.0. The van der Waals surface area contributed by atoms with Crippen LogP contribution in [0.4, 0.5) is 0 Å². The molecule has 0 saturated carbocycles. The summed E-state index contributed by atoms with van der Waals surface area (Å²) in [6.45, 7) is 4.28. The molecular formula is C14H17N3O2S. The second kappa shape index (κ2) is 7.00. The number of aromatic nitrogens is 2. The first-order chi connectivity index (χ1) is 9.63. The van der Waals surface area contributed by atoms with Crippen LogP contribution in [0.3, 0.4) is 0 Å². The molecule has 2 rings (SSSR count). The zero-order valence-corrected chi connectivity index (χ0v) is 12.3. The van der Waals surface area contributed by atoms with Crippen LogP contribution in [0.1, 0.15) is 17.6 Å². The highest BCUT2D eigenvalue weighted by molar-refractivity contribution is 7.09. The molecule has 2 aromatic heterocycles. The molecule has 0 aliphatic rings. The molecule has 20 heavy (non-hydrogen) atoms. The summed E-state index contributed by atoms with van der Waals surface area (Å²) >= 11 is 1.55. The highest BCUT2D eigenvalue weighted by atomic mass is 32.1. The van der Waals surface area contributed by atoms with Crippen LogP contribution in [0.25, 0.3) is 0 Å². The monoisotopic (exact) mass is 291 g/mol. The normalized spacial score (nSPS) is 11.9. The topological polar surface area (TPSA) is 64.1 Å². The lowest BCUT2D eigenvalue weighted by Gasteiger charge is -2.14. The number of rotatable bonds is 6. The number of carbonyl (C=O) groups excluding carboxylic acids is 1. The number of nitrogens with zero attached hydrogens (tertiary/aromatic N) is 2. The van der Waals surface area contributed by atoms with Gasteiger partial charge in [0.1, 0.15) is 11.9 Å². The van der Waals surface area contributed by atoms with E-state index in [4.69, 9.17) is 4.74 Å². The van der Waals surface area contributed by atoms with Crippen LogP contribution in [0.2, 0.25) is 0 Å². The second-order valence-corrected chi connectivity index (χ2v) is 5.52. The van der Waals surface area contributed by atoms with Crippen molar-refractivity contribution in [1.29, 1.82) is 0 Å². The van der Waals surface area contributed by atoms with Gasteiger partial charge in [0.05, 0.1) is 29.9 Å². The molecular weight excluding hydrogens is 274 g/mol. The maximum atomic E-state index is 11.8. The Morgan fingerprint density at radius 1 is 1.55 bits per heavy atom. The van der Waals surface area contributed by atoms with Gasteiger partial charge in [0.2, 0.25) is 5.91 Å². The zero-order valence-electron chi connectivity index (χ0n) is 11.5. The van der Waals surface area contributed by atoms with Crippen molar-refractivity contribution in [2.24, 2.45) is 0 Å². The maximum Gasteiger partial charge on any atom is 0.226 e. The van der Waals surface area contributed by atoms with Crippen molar-refractivity contribution >= 4 is 17.2 Å². The number of amides is 1. The molecule has 5 nitrogen and oxygen atoms in total. The summed E-state index contributed by atoms with van der Waals surface area (Å²) in [6, 6.07) is 3.65. The minimum Gasteiger partial charge on any atom is -0.487 e. The van der Waals surface area contributed by atoms with E-state index in [9.17, 15) is 4.79 Å². The van der Waals surface area contributed by atoms with Crippen LogP contribution >= 0.6 is 11.3 Å². The summed E-state index contributed by atoms with van der Waals surface area (Å²) in [5.41, 5.74) is 0.811. The fraction of sp³-hybridized carbons (Fsp3) is 0.357. The molecule has 1 N–H and O–H groups in total. The Kier molecular flexibility index (Phi) is 5.06. The Labute approximate surface area is 122 Å². The van der Waals surface area contributed by atoms with E-state index in [-0.39, 0.29) is 12.0 Å². The Morgan fingerprint density at radius 3 is 3.05 bits per heavy atom. The Hall–Kier alpha value is -1.95. The van der Waals surface area contributed by atoms with Crippen LogP contribution in [-0.2, 0) is 11.2 Å². The Morgan fingerprint density at radius 2 is 2.40 bits per heavy atom. The number of hydrogen-bond acceptors (Lipinski definition) is 5. The minimum atomic E-state index is -0.111. The summed E-state index contributed by atoms with van der Waals surface area (Å²) in [6.07, 6.45) is 3.54. The number of hydrogen-bond donors (Lipinski definition) is 1. The molecule has 0 aliphatic heterocycles. The fourth-order valence-electron chi connectivity index (χ4n) is 1.66. The van der Waals surface area contributed by atoms with E-state index in [2.05, 4.69) is 15.3 Å². The van der Waals surface area contributed by atoms with Crippen molar-refractivity contribution in [3.05, 3.63) is 40.6 Å². The van der Waals surface area contributed by atoms with Gasteiger partial charge in [-0.1, -0.05) is 0 Å². The molecule has 6 heteroatoms. The third-order valence-electron chi connectivity index (χ3n) is 2.57. The average molecular weight is 291 g/mol. The second-order valence-electron chi connectivity index (χ2n) is 4.46. The molecule has 0 saturated heterocycles. The van der Waals surface area contributed by atoms with Gasteiger partial charge in [0.25, 0.3) is 0 Å². The van der Waals surface area contributed by atoms with Gasteiger partial charge in [-0.15, -0.1) is 11.3 Å². The zero-order chi connectivity index (χ0) is 14.4. The molecule has 106 valence electrons. The van der Waals surface area contributed by atoms with Gasteiger partial charge in [0.15, 0.2) is 0 Å². The lowest BCUT2D eigenvalue weighted by Crippen LogP contribution is -2.34. The lowest BCUT2D eigenvalue weighted by atomic mass is 10.3. The largest absolute Gasteiger partial charge is 0.487 e. The number of aryl methyl sites for hydroxylation is 1. The predicted octanol–water partition coefficient (Wildman–Crippen LogP) is 1.97. The number of carbonyl (C=O) groups is 1. The van der Waals surface area contributed by atoms with E-state index in [0.29, 0.717) is 18.7 Å². The molecule has 1 amide bonds. The van der Waals surface area contributed by atoms with Gasteiger partial charge in [-0.2, -0.15) is 0 Å². The molecule has 1 atom stereocenters. The van der Waals surface area contributed by atoms with Crippen LogP contribution < -0.4 is 10.1 Å². The molecule has 2 aromatic rings. The summed E-state index contributed by atoms with van der Waals surface area (Å²) in [5.74, 6) is 0.654. The minimum absolute atomic E-state index is 0.0445. The van der Waals surface area contributed by atoms with Gasteiger partial charge >= 0.3 is 0 Å². The Bertz CT molecular complexity index is 557. The molecule has 0 bridgehead atoms. The van der Waals surface area contributed by atoms with Crippen molar-refractivity contribution in [2.75, 3.05) is 6.54 Å². The standard InChI is InChI=1S/C14H17N3O2S/c1-10(19-13-4-3-5-15-8-13)7-16-14(18)6-12-9-20-11(2)17-12/h3-5,8-10H,6-7H2,1-2H3,(H,16,18). The Balaban J connectivity index is 1.73. The van der Waals surface area contributed by atoms with E-state index < -0.39 is 0 Å². The van der Waals surface area contributed by atoms with Gasteiger partial charge in [-0.25, -0.2) is 4.98 Å².